The van der Waals surface area contributed by atoms with Gasteiger partial charge in [0.1, 0.15) is 11.5 Å². The Morgan fingerprint density at radius 3 is 2.76 bits per heavy atom. The summed E-state index contributed by atoms with van der Waals surface area (Å²) in [5, 5.41) is 13.8. The van der Waals surface area contributed by atoms with Crippen molar-refractivity contribution < 1.29 is 9.90 Å². The van der Waals surface area contributed by atoms with Crippen molar-refractivity contribution in [3.05, 3.63) is 46.8 Å². The van der Waals surface area contributed by atoms with Gasteiger partial charge in [0.15, 0.2) is 5.78 Å². The van der Waals surface area contributed by atoms with Crippen LogP contribution in [-0.4, -0.2) is 34.6 Å². The van der Waals surface area contributed by atoms with Gasteiger partial charge in [-0.3, -0.25) is 4.79 Å². The van der Waals surface area contributed by atoms with Gasteiger partial charge in [0.2, 0.25) is 0 Å². The van der Waals surface area contributed by atoms with Crippen LogP contribution in [0.2, 0.25) is 0 Å². The smallest absolute Gasteiger partial charge is 0.192 e. The Bertz CT molecular complexity index is 587. The first-order chi connectivity index (χ1) is 9.99. The molecule has 1 fully saturated rings. The van der Waals surface area contributed by atoms with Gasteiger partial charge in [-0.05, 0) is 33.1 Å². The Morgan fingerprint density at radius 2 is 2.05 bits per heavy atom. The van der Waals surface area contributed by atoms with Crippen molar-refractivity contribution in [2.45, 2.75) is 38.8 Å². The molecule has 2 heterocycles. The van der Waals surface area contributed by atoms with E-state index in [-0.39, 0.29) is 5.78 Å². The fraction of sp³-hybridized carbons (Fsp3) is 0.471. The molecule has 2 aliphatic heterocycles. The van der Waals surface area contributed by atoms with Crippen molar-refractivity contribution >= 4 is 5.78 Å². The lowest BCUT2D eigenvalue weighted by Crippen LogP contribution is -2.55. The van der Waals surface area contributed by atoms with Crippen molar-refractivity contribution in [1.29, 1.82) is 0 Å². The molecular formula is C17H22N2O2. The van der Waals surface area contributed by atoms with Crippen LogP contribution in [-0.2, 0) is 0 Å². The summed E-state index contributed by atoms with van der Waals surface area (Å²) in [5.41, 5.74) is 1.80. The van der Waals surface area contributed by atoms with Crippen LogP contribution in [0.4, 0.5) is 0 Å². The van der Waals surface area contributed by atoms with E-state index in [1.807, 2.05) is 43.0 Å². The van der Waals surface area contributed by atoms with Gasteiger partial charge in [0, 0.05) is 24.2 Å². The van der Waals surface area contributed by atoms with Crippen molar-refractivity contribution in [1.82, 2.24) is 10.2 Å². The average Bonchev–Trinajstić information content (AvgIpc) is 2.48. The predicted molar refractivity (Wildman–Crippen MR) is 81.7 cm³/mol. The number of Topliss-reactive ketones (excluding diaryl/α,β-unsaturated/α-hetero) is 1. The van der Waals surface area contributed by atoms with E-state index in [0.717, 1.165) is 42.0 Å². The van der Waals surface area contributed by atoms with E-state index < -0.39 is 5.72 Å². The SMILES string of the molecule is Cc1ccc(C(=O)C2=C3NCCCN3C(C)(O)CC2)cc1. The van der Waals surface area contributed by atoms with Crippen LogP contribution in [0.5, 0.6) is 0 Å². The molecule has 0 aromatic heterocycles. The Kier molecular flexibility index (Phi) is 3.49. The summed E-state index contributed by atoms with van der Waals surface area (Å²) in [6.07, 6.45) is 2.18. The van der Waals surface area contributed by atoms with Crippen LogP contribution >= 0.6 is 0 Å². The summed E-state index contributed by atoms with van der Waals surface area (Å²) >= 11 is 0. The maximum absolute atomic E-state index is 12.8. The Labute approximate surface area is 125 Å². The quantitative estimate of drug-likeness (QED) is 0.818. The Morgan fingerprint density at radius 1 is 1.33 bits per heavy atom. The molecule has 4 heteroatoms. The first-order valence-electron chi connectivity index (χ1n) is 7.57. The molecule has 3 rings (SSSR count). The number of aliphatic hydroxyl groups is 1. The van der Waals surface area contributed by atoms with Gasteiger partial charge < -0.3 is 15.3 Å². The summed E-state index contributed by atoms with van der Waals surface area (Å²) in [5.74, 6) is 0.892. The maximum atomic E-state index is 12.8. The Hall–Kier alpha value is -1.81. The molecule has 1 saturated heterocycles. The summed E-state index contributed by atoms with van der Waals surface area (Å²) in [4.78, 5) is 14.7. The maximum Gasteiger partial charge on any atom is 0.192 e. The zero-order valence-corrected chi connectivity index (χ0v) is 12.6. The molecule has 0 saturated carbocycles. The molecule has 1 aromatic carbocycles. The summed E-state index contributed by atoms with van der Waals surface area (Å²) in [6.45, 7) is 5.48. The lowest BCUT2D eigenvalue weighted by molar-refractivity contribution is -0.0964. The van der Waals surface area contributed by atoms with Crippen LogP contribution in [0.15, 0.2) is 35.7 Å². The van der Waals surface area contributed by atoms with E-state index in [2.05, 4.69) is 5.32 Å². The number of ketones is 1. The highest BCUT2D eigenvalue weighted by atomic mass is 16.3. The normalized spacial score (nSPS) is 25.4. The highest BCUT2D eigenvalue weighted by Gasteiger charge is 2.39. The van der Waals surface area contributed by atoms with Crippen molar-refractivity contribution in [3.8, 4) is 0 Å². The summed E-state index contributed by atoms with van der Waals surface area (Å²) < 4.78 is 0. The number of carbonyl (C=O) groups is 1. The van der Waals surface area contributed by atoms with Gasteiger partial charge in [-0.1, -0.05) is 29.8 Å². The molecule has 1 unspecified atom stereocenters. The standard InChI is InChI=1S/C17H22N2O2/c1-12-4-6-13(7-5-12)15(20)14-8-9-17(2,21)19-11-3-10-18-16(14)19/h4-7,18,21H,3,8-11H2,1-2H3. The van der Waals surface area contributed by atoms with Crippen LogP contribution < -0.4 is 5.32 Å². The number of aryl methyl sites for hydroxylation is 1. The van der Waals surface area contributed by atoms with E-state index >= 15 is 0 Å². The molecule has 2 N–H and O–H groups in total. The average molecular weight is 286 g/mol. The highest BCUT2D eigenvalue weighted by molar-refractivity contribution is 6.09. The second kappa shape index (κ2) is 5.19. The van der Waals surface area contributed by atoms with Crippen LogP contribution in [0.1, 0.15) is 42.1 Å². The topological polar surface area (TPSA) is 52.6 Å². The van der Waals surface area contributed by atoms with Gasteiger partial charge in [-0.25, -0.2) is 0 Å². The summed E-state index contributed by atoms with van der Waals surface area (Å²) in [7, 11) is 0. The minimum atomic E-state index is -0.861. The van der Waals surface area contributed by atoms with Crippen molar-refractivity contribution in [2.24, 2.45) is 0 Å². The monoisotopic (exact) mass is 286 g/mol. The molecule has 0 aliphatic carbocycles. The molecule has 0 spiro atoms. The van der Waals surface area contributed by atoms with Crippen LogP contribution in [0, 0.1) is 6.92 Å². The van der Waals surface area contributed by atoms with E-state index in [9.17, 15) is 9.90 Å². The number of nitrogens with one attached hydrogen (secondary N) is 1. The number of nitrogens with zero attached hydrogens (tertiary/aromatic N) is 1. The van der Waals surface area contributed by atoms with Gasteiger partial charge in [-0.2, -0.15) is 0 Å². The van der Waals surface area contributed by atoms with Crippen LogP contribution in [0.25, 0.3) is 0 Å². The number of fused-ring (bicyclic) bond motifs is 1. The number of benzene rings is 1. The number of hydrogen-bond donors (Lipinski definition) is 2. The Balaban J connectivity index is 1.98. The third kappa shape index (κ3) is 2.56. The zero-order chi connectivity index (χ0) is 15.0. The zero-order valence-electron chi connectivity index (χ0n) is 12.6. The number of rotatable bonds is 2. The number of hydrogen-bond acceptors (Lipinski definition) is 4. The molecule has 0 amide bonds. The molecule has 0 radical (unpaired) electrons. The van der Waals surface area contributed by atoms with Gasteiger partial charge in [-0.15, -0.1) is 0 Å². The van der Waals surface area contributed by atoms with Gasteiger partial charge >= 0.3 is 0 Å². The lowest BCUT2D eigenvalue weighted by Gasteiger charge is -2.47. The molecule has 112 valence electrons. The largest absolute Gasteiger partial charge is 0.371 e. The van der Waals surface area contributed by atoms with Crippen molar-refractivity contribution in [3.63, 3.8) is 0 Å². The molecule has 1 atom stereocenters. The number of allylic oxidation sites excluding steroid dienone is 1. The molecule has 4 nitrogen and oxygen atoms in total. The fourth-order valence-corrected chi connectivity index (χ4v) is 3.12. The van der Waals surface area contributed by atoms with Crippen molar-refractivity contribution in [2.75, 3.05) is 13.1 Å². The summed E-state index contributed by atoms with van der Waals surface area (Å²) in [6, 6.07) is 7.68. The first kappa shape index (κ1) is 14.1. The second-order valence-electron chi connectivity index (χ2n) is 6.17. The molecule has 21 heavy (non-hydrogen) atoms. The van der Waals surface area contributed by atoms with Gasteiger partial charge in [0.05, 0.1) is 0 Å². The van der Waals surface area contributed by atoms with E-state index in [1.54, 1.807) is 0 Å². The third-order valence-electron chi connectivity index (χ3n) is 4.42. The minimum absolute atomic E-state index is 0.0694. The number of carbonyl (C=O) groups excluding carboxylic acids is 1. The first-order valence-corrected chi connectivity index (χ1v) is 7.57. The lowest BCUT2D eigenvalue weighted by atomic mass is 9.90. The fourth-order valence-electron chi connectivity index (χ4n) is 3.12. The van der Waals surface area contributed by atoms with Gasteiger partial charge in [0.25, 0.3) is 0 Å². The second-order valence-corrected chi connectivity index (χ2v) is 6.17. The molecular weight excluding hydrogens is 264 g/mol. The minimum Gasteiger partial charge on any atom is -0.371 e. The third-order valence-corrected chi connectivity index (χ3v) is 4.42. The predicted octanol–water partition coefficient (Wildman–Crippen LogP) is 2.19. The van der Waals surface area contributed by atoms with E-state index in [4.69, 9.17) is 0 Å². The van der Waals surface area contributed by atoms with E-state index in [0.29, 0.717) is 12.8 Å². The molecule has 0 bridgehead atoms. The molecule has 1 aromatic rings. The van der Waals surface area contributed by atoms with Crippen LogP contribution in [0.3, 0.4) is 0 Å². The van der Waals surface area contributed by atoms with E-state index in [1.165, 1.54) is 0 Å². The molecule has 2 aliphatic rings. The highest BCUT2D eigenvalue weighted by Crippen LogP contribution is 2.34.